The lowest BCUT2D eigenvalue weighted by Crippen LogP contribution is -2.14. The van der Waals surface area contributed by atoms with Crippen LogP contribution in [0, 0.1) is 6.92 Å². The molecular formula is C27H22N4O. The Morgan fingerprint density at radius 1 is 0.719 bits per heavy atom. The highest BCUT2D eigenvalue weighted by atomic mass is 16.1. The zero-order valence-corrected chi connectivity index (χ0v) is 17.6. The van der Waals surface area contributed by atoms with Gasteiger partial charge in [0.2, 0.25) is 0 Å². The summed E-state index contributed by atoms with van der Waals surface area (Å²) in [5.74, 6) is 0.663. The molecule has 0 aliphatic carbocycles. The van der Waals surface area contributed by atoms with Crippen molar-refractivity contribution in [3.63, 3.8) is 0 Å². The minimum absolute atomic E-state index is 0.0887. The van der Waals surface area contributed by atoms with Crippen molar-refractivity contribution < 1.29 is 0 Å². The van der Waals surface area contributed by atoms with Crippen LogP contribution in [0.5, 0.6) is 0 Å². The van der Waals surface area contributed by atoms with Gasteiger partial charge in [0.05, 0.1) is 16.8 Å². The molecule has 0 atom stereocenters. The third kappa shape index (κ3) is 3.84. The van der Waals surface area contributed by atoms with Gasteiger partial charge in [-0.05, 0) is 49.4 Å². The lowest BCUT2D eigenvalue weighted by atomic mass is 10.2. The number of pyridine rings is 2. The maximum atomic E-state index is 13.2. The minimum Gasteiger partial charge on any atom is -0.354 e. The molecule has 156 valence electrons. The molecule has 5 heteroatoms. The molecule has 5 aromatic rings. The van der Waals surface area contributed by atoms with Crippen molar-refractivity contribution in [2.24, 2.45) is 0 Å². The van der Waals surface area contributed by atoms with Crippen LogP contribution in [0.15, 0.2) is 108 Å². The van der Waals surface area contributed by atoms with Crippen LogP contribution in [0.2, 0.25) is 0 Å². The molecule has 2 N–H and O–H groups in total. The normalized spacial score (nSPS) is 10.8. The fourth-order valence-corrected chi connectivity index (χ4v) is 3.73. The summed E-state index contributed by atoms with van der Waals surface area (Å²) < 4.78 is 1.99. The van der Waals surface area contributed by atoms with Crippen molar-refractivity contribution in [2.45, 2.75) is 6.92 Å². The third-order valence-corrected chi connectivity index (χ3v) is 5.29. The summed E-state index contributed by atoms with van der Waals surface area (Å²) in [7, 11) is 0. The summed E-state index contributed by atoms with van der Waals surface area (Å²) in [5.41, 5.74) is 4.91. The second kappa shape index (κ2) is 8.40. The molecule has 0 fully saturated rings. The molecule has 5 nitrogen and oxygen atoms in total. The van der Waals surface area contributed by atoms with Crippen molar-refractivity contribution in [1.82, 2.24) is 9.55 Å². The smallest absolute Gasteiger partial charge is 0.193 e. The van der Waals surface area contributed by atoms with Gasteiger partial charge >= 0.3 is 0 Å². The number of aryl methyl sites for hydroxylation is 1. The average Bonchev–Trinajstić information content (AvgIpc) is 2.82. The first-order valence-corrected chi connectivity index (χ1v) is 10.5. The Kier molecular flexibility index (Phi) is 5.14. The highest BCUT2D eigenvalue weighted by Crippen LogP contribution is 2.28. The molecule has 2 aromatic heterocycles. The van der Waals surface area contributed by atoms with E-state index >= 15 is 0 Å². The maximum absolute atomic E-state index is 13.2. The number of anilines is 4. The van der Waals surface area contributed by atoms with E-state index in [1.807, 2.05) is 109 Å². The molecule has 0 spiro atoms. The summed E-state index contributed by atoms with van der Waals surface area (Å²) in [4.78, 5) is 18.0. The molecule has 5 rings (SSSR count). The molecule has 2 heterocycles. The molecule has 0 amide bonds. The fourth-order valence-electron chi connectivity index (χ4n) is 3.73. The second-order valence-electron chi connectivity index (χ2n) is 7.54. The second-order valence-corrected chi connectivity index (χ2v) is 7.54. The van der Waals surface area contributed by atoms with Gasteiger partial charge in [-0.1, -0.05) is 54.6 Å². The van der Waals surface area contributed by atoms with Crippen LogP contribution in [0.4, 0.5) is 22.9 Å². The summed E-state index contributed by atoms with van der Waals surface area (Å²) in [6.07, 6.45) is 0. The monoisotopic (exact) mass is 418 g/mol. The molecule has 0 aliphatic rings. The van der Waals surface area contributed by atoms with Crippen molar-refractivity contribution in [3.8, 4) is 5.69 Å². The van der Waals surface area contributed by atoms with Gasteiger partial charge in [-0.15, -0.1) is 0 Å². The SMILES string of the molecule is Cc1nc2c(cc1Nc1ccccc1)c(=O)cc(Nc1ccccc1)n2-c1ccccc1. The van der Waals surface area contributed by atoms with Crippen LogP contribution in [-0.2, 0) is 0 Å². The predicted octanol–water partition coefficient (Wildman–Crippen LogP) is 6.18. The van der Waals surface area contributed by atoms with Crippen LogP contribution < -0.4 is 16.1 Å². The Balaban J connectivity index is 1.71. The van der Waals surface area contributed by atoms with E-state index in [1.54, 1.807) is 6.07 Å². The fraction of sp³-hybridized carbons (Fsp3) is 0.0370. The number of hydrogen-bond donors (Lipinski definition) is 2. The van der Waals surface area contributed by atoms with Crippen molar-refractivity contribution in [1.29, 1.82) is 0 Å². The first-order valence-electron chi connectivity index (χ1n) is 10.5. The van der Waals surface area contributed by atoms with Gasteiger partial charge in [0.1, 0.15) is 11.5 Å². The largest absolute Gasteiger partial charge is 0.354 e. The number of benzene rings is 3. The first-order chi connectivity index (χ1) is 15.7. The molecular weight excluding hydrogens is 396 g/mol. The first kappa shape index (κ1) is 19.6. The van der Waals surface area contributed by atoms with E-state index in [4.69, 9.17) is 4.98 Å². The van der Waals surface area contributed by atoms with Gasteiger partial charge in [0.15, 0.2) is 5.43 Å². The quantitative estimate of drug-likeness (QED) is 0.358. The van der Waals surface area contributed by atoms with Crippen LogP contribution in [0.1, 0.15) is 5.69 Å². The van der Waals surface area contributed by atoms with Crippen molar-refractivity contribution in [3.05, 3.63) is 119 Å². The van der Waals surface area contributed by atoms with Crippen LogP contribution in [0.25, 0.3) is 16.7 Å². The summed E-state index contributed by atoms with van der Waals surface area (Å²) in [5, 5.41) is 7.32. The highest BCUT2D eigenvalue weighted by molar-refractivity contribution is 5.85. The van der Waals surface area contributed by atoms with Crippen LogP contribution >= 0.6 is 0 Å². The molecule has 0 saturated heterocycles. The Morgan fingerprint density at radius 2 is 1.28 bits per heavy atom. The molecule has 3 aromatic carbocycles. The number of nitrogens with one attached hydrogen (secondary N) is 2. The van der Waals surface area contributed by atoms with E-state index in [2.05, 4.69) is 10.6 Å². The average molecular weight is 419 g/mol. The third-order valence-electron chi connectivity index (χ3n) is 5.29. The molecule has 0 saturated carbocycles. The summed E-state index contributed by atoms with van der Waals surface area (Å²) in [6.45, 7) is 1.95. The number of rotatable bonds is 5. The predicted molar refractivity (Wildman–Crippen MR) is 132 cm³/mol. The Morgan fingerprint density at radius 3 is 1.91 bits per heavy atom. The zero-order chi connectivity index (χ0) is 21.9. The van der Waals surface area contributed by atoms with Crippen LogP contribution in [0.3, 0.4) is 0 Å². The Bertz CT molecular complexity index is 1430. The van der Waals surface area contributed by atoms with Crippen LogP contribution in [-0.4, -0.2) is 9.55 Å². The van der Waals surface area contributed by atoms with Gasteiger partial charge in [-0.25, -0.2) is 4.98 Å². The minimum atomic E-state index is -0.0887. The van der Waals surface area contributed by atoms with E-state index in [0.717, 1.165) is 28.4 Å². The van der Waals surface area contributed by atoms with E-state index in [-0.39, 0.29) is 5.43 Å². The van der Waals surface area contributed by atoms with E-state index < -0.39 is 0 Å². The van der Waals surface area contributed by atoms with E-state index in [1.165, 1.54) is 0 Å². The summed E-state index contributed by atoms with van der Waals surface area (Å²) in [6, 6.07) is 33.1. The zero-order valence-electron chi connectivity index (χ0n) is 17.6. The molecule has 32 heavy (non-hydrogen) atoms. The Hall–Kier alpha value is -4.38. The van der Waals surface area contributed by atoms with Gasteiger partial charge in [0.25, 0.3) is 0 Å². The van der Waals surface area contributed by atoms with Gasteiger partial charge < -0.3 is 10.6 Å². The molecule has 0 radical (unpaired) electrons. The number of aromatic nitrogens is 2. The number of hydrogen-bond acceptors (Lipinski definition) is 4. The molecule has 0 aliphatic heterocycles. The Labute approximate surface area is 186 Å². The standard InChI is InChI=1S/C27H22N4O/c1-19-24(29-20-11-5-2-6-12-20)17-23-25(32)18-26(30-21-13-7-3-8-14-21)31(27(23)28-19)22-15-9-4-10-16-22/h2-18,29-30H,1H3. The van der Waals surface area contributed by atoms with Gasteiger partial charge in [-0.2, -0.15) is 0 Å². The van der Waals surface area contributed by atoms with E-state index in [9.17, 15) is 4.79 Å². The van der Waals surface area contributed by atoms with Crippen molar-refractivity contribution >= 4 is 33.9 Å². The highest BCUT2D eigenvalue weighted by Gasteiger charge is 2.15. The molecule has 0 bridgehead atoms. The van der Waals surface area contributed by atoms with Crippen molar-refractivity contribution in [2.75, 3.05) is 10.6 Å². The summed E-state index contributed by atoms with van der Waals surface area (Å²) >= 11 is 0. The number of para-hydroxylation sites is 3. The number of nitrogens with zero attached hydrogens (tertiary/aromatic N) is 2. The maximum Gasteiger partial charge on any atom is 0.193 e. The van der Waals surface area contributed by atoms with Gasteiger partial charge in [0, 0.05) is 23.1 Å². The topological polar surface area (TPSA) is 59.0 Å². The van der Waals surface area contributed by atoms with Gasteiger partial charge in [-0.3, -0.25) is 9.36 Å². The van der Waals surface area contributed by atoms with E-state index in [0.29, 0.717) is 16.9 Å². The number of fused-ring (bicyclic) bond motifs is 1. The lowest BCUT2D eigenvalue weighted by molar-refractivity contribution is 1.05. The lowest BCUT2D eigenvalue weighted by Gasteiger charge is -2.19. The molecule has 0 unspecified atom stereocenters.